The van der Waals surface area contributed by atoms with Gasteiger partial charge in [0.15, 0.2) is 0 Å². The van der Waals surface area contributed by atoms with Crippen molar-refractivity contribution < 1.29 is 4.74 Å². The molecule has 0 fully saturated rings. The molecule has 2 aliphatic rings. The zero-order chi connectivity index (χ0) is 15.0. The van der Waals surface area contributed by atoms with E-state index in [0.29, 0.717) is 0 Å². The lowest BCUT2D eigenvalue weighted by molar-refractivity contribution is -0.00644. The molecule has 0 spiro atoms. The molecule has 110 valence electrons. The van der Waals surface area contributed by atoms with Crippen LogP contribution in [-0.4, -0.2) is 19.4 Å². The van der Waals surface area contributed by atoms with Gasteiger partial charge in [-0.15, -0.1) is 0 Å². The minimum atomic E-state index is -1.74. The van der Waals surface area contributed by atoms with E-state index < -0.39 is 8.07 Å². The second-order valence-corrected chi connectivity index (χ2v) is 11.5. The second kappa shape index (κ2) is 5.49. The average molecular weight is 289 g/mol. The van der Waals surface area contributed by atoms with Gasteiger partial charge < -0.3 is 4.74 Å². The minimum Gasteiger partial charge on any atom is -0.371 e. The molecule has 2 rings (SSSR count). The molecule has 0 bridgehead atoms. The Morgan fingerprint density at radius 3 is 2.40 bits per heavy atom. The predicted octanol–water partition coefficient (Wildman–Crippen LogP) is 5.12. The van der Waals surface area contributed by atoms with Crippen molar-refractivity contribution in [2.75, 3.05) is 0 Å². The third kappa shape index (κ3) is 2.51. The second-order valence-electron chi connectivity index (χ2n) is 6.90. The SMILES string of the molecule is CC1=CCC(OC(C)C)([Si](C)(C)C2=CCC=C2)C(C)=C1. The smallest absolute Gasteiger partial charge is 0.122 e. The molecule has 0 saturated carbocycles. The van der Waals surface area contributed by atoms with Gasteiger partial charge >= 0.3 is 0 Å². The minimum absolute atomic E-state index is 0.0960. The summed E-state index contributed by atoms with van der Waals surface area (Å²) in [6.07, 6.45) is 14.0. The summed E-state index contributed by atoms with van der Waals surface area (Å²) in [7, 11) is -1.74. The standard InChI is InChI=1S/C18H28OSi/c1-14(2)19-18(12-11-15(3)13-16(18)4)20(5,6)17-9-7-8-10-17/h7,9-11,13-14H,8,12H2,1-6H3. The summed E-state index contributed by atoms with van der Waals surface area (Å²) in [5.74, 6) is 0. The Hall–Kier alpha value is -0.863. The summed E-state index contributed by atoms with van der Waals surface area (Å²) in [4.78, 5) is 0. The fourth-order valence-electron chi connectivity index (χ4n) is 3.58. The monoisotopic (exact) mass is 288 g/mol. The van der Waals surface area contributed by atoms with Crippen molar-refractivity contribution in [2.24, 2.45) is 0 Å². The van der Waals surface area contributed by atoms with Gasteiger partial charge in [0.05, 0.1) is 11.3 Å². The third-order valence-corrected chi connectivity index (χ3v) is 9.28. The lowest BCUT2D eigenvalue weighted by atomic mass is 9.97. The van der Waals surface area contributed by atoms with Gasteiger partial charge in [0.2, 0.25) is 0 Å². The largest absolute Gasteiger partial charge is 0.371 e. The van der Waals surface area contributed by atoms with E-state index in [1.807, 2.05) is 0 Å². The first kappa shape index (κ1) is 15.5. The van der Waals surface area contributed by atoms with Crippen molar-refractivity contribution in [2.45, 2.75) is 65.0 Å². The van der Waals surface area contributed by atoms with E-state index in [9.17, 15) is 0 Å². The number of rotatable bonds is 4. The highest BCUT2D eigenvalue weighted by molar-refractivity contribution is 6.88. The summed E-state index contributed by atoms with van der Waals surface area (Å²) >= 11 is 0. The molecule has 0 aromatic carbocycles. The van der Waals surface area contributed by atoms with Gasteiger partial charge in [-0.25, -0.2) is 0 Å². The van der Waals surface area contributed by atoms with Crippen molar-refractivity contribution >= 4 is 8.07 Å². The van der Waals surface area contributed by atoms with Crippen LogP contribution in [0.3, 0.4) is 0 Å². The molecule has 0 aromatic heterocycles. The van der Waals surface area contributed by atoms with Gasteiger partial charge in [0, 0.05) is 0 Å². The van der Waals surface area contributed by atoms with Gasteiger partial charge in [0.25, 0.3) is 0 Å². The van der Waals surface area contributed by atoms with Crippen LogP contribution in [0.2, 0.25) is 13.1 Å². The lowest BCUT2D eigenvalue weighted by Gasteiger charge is -2.49. The molecule has 0 heterocycles. The van der Waals surface area contributed by atoms with Crippen LogP contribution in [0.25, 0.3) is 0 Å². The van der Waals surface area contributed by atoms with Crippen LogP contribution in [0.5, 0.6) is 0 Å². The highest BCUT2D eigenvalue weighted by Crippen LogP contribution is 2.44. The Kier molecular flexibility index (Phi) is 4.26. The van der Waals surface area contributed by atoms with Crippen molar-refractivity contribution in [3.05, 3.63) is 46.7 Å². The van der Waals surface area contributed by atoms with Crippen molar-refractivity contribution in [3.8, 4) is 0 Å². The molecular formula is C18H28OSi. The van der Waals surface area contributed by atoms with Crippen LogP contribution < -0.4 is 0 Å². The van der Waals surface area contributed by atoms with Crippen LogP contribution in [-0.2, 0) is 4.74 Å². The Bertz CT molecular complexity index is 506. The van der Waals surface area contributed by atoms with Gasteiger partial charge in [-0.05, 0) is 46.1 Å². The normalized spacial score (nSPS) is 26.6. The maximum Gasteiger partial charge on any atom is 0.122 e. The maximum absolute atomic E-state index is 6.59. The number of hydrogen-bond donors (Lipinski definition) is 0. The van der Waals surface area contributed by atoms with E-state index in [1.165, 1.54) is 11.1 Å². The third-order valence-electron chi connectivity index (χ3n) is 4.73. The molecule has 2 heteroatoms. The number of hydrogen-bond acceptors (Lipinski definition) is 1. The van der Waals surface area contributed by atoms with Crippen LogP contribution >= 0.6 is 0 Å². The average Bonchev–Trinajstić information content (AvgIpc) is 2.86. The van der Waals surface area contributed by atoms with Crippen molar-refractivity contribution in [3.63, 3.8) is 0 Å². The molecule has 1 atom stereocenters. The molecular weight excluding hydrogens is 260 g/mol. The molecule has 0 N–H and O–H groups in total. The highest BCUT2D eigenvalue weighted by atomic mass is 28.3. The molecule has 0 radical (unpaired) electrons. The molecule has 0 aromatic rings. The fourth-order valence-corrected chi connectivity index (χ4v) is 7.41. The van der Waals surface area contributed by atoms with Gasteiger partial charge in [-0.1, -0.05) is 54.2 Å². The van der Waals surface area contributed by atoms with E-state index in [-0.39, 0.29) is 11.3 Å². The van der Waals surface area contributed by atoms with Crippen LogP contribution in [0.15, 0.2) is 46.7 Å². The summed E-state index contributed by atoms with van der Waals surface area (Å²) in [6.45, 7) is 13.7. The van der Waals surface area contributed by atoms with Crippen molar-refractivity contribution in [1.29, 1.82) is 0 Å². The topological polar surface area (TPSA) is 9.23 Å². The first-order chi connectivity index (χ1) is 9.29. The Labute approximate surface area is 125 Å². The predicted molar refractivity (Wildman–Crippen MR) is 90.4 cm³/mol. The van der Waals surface area contributed by atoms with Crippen LogP contribution in [0.4, 0.5) is 0 Å². The van der Waals surface area contributed by atoms with Crippen LogP contribution in [0, 0.1) is 0 Å². The van der Waals surface area contributed by atoms with E-state index in [0.717, 1.165) is 12.8 Å². The Morgan fingerprint density at radius 2 is 1.90 bits per heavy atom. The summed E-state index contributed by atoms with van der Waals surface area (Å²) in [5.41, 5.74) is 2.77. The molecule has 2 aliphatic carbocycles. The summed E-state index contributed by atoms with van der Waals surface area (Å²) in [6, 6.07) is 0. The van der Waals surface area contributed by atoms with E-state index >= 15 is 0 Å². The summed E-state index contributed by atoms with van der Waals surface area (Å²) in [5, 5.41) is 1.44. The first-order valence-corrected chi connectivity index (χ1v) is 10.7. The zero-order valence-electron chi connectivity index (χ0n) is 13.8. The van der Waals surface area contributed by atoms with Gasteiger partial charge in [-0.3, -0.25) is 0 Å². The molecule has 0 amide bonds. The zero-order valence-corrected chi connectivity index (χ0v) is 14.8. The maximum atomic E-state index is 6.59. The summed E-state index contributed by atoms with van der Waals surface area (Å²) < 4.78 is 6.59. The fraction of sp³-hybridized carbons (Fsp3) is 0.556. The lowest BCUT2D eigenvalue weighted by Crippen LogP contribution is -2.59. The van der Waals surface area contributed by atoms with Crippen molar-refractivity contribution in [1.82, 2.24) is 0 Å². The van der Waals surface area contributed by atoms with Gasteiger partial charge in [0.1, 0.15) is 8.07 Å². The molecule has 20 heavy (non-hydrogen) atoms. The van der Waals surface area contributed by atoms with Crippen LogP contribution in [0.1, 0.15) is 40.5 Å². The molecule has 0 aliphatic heterocycles. The first-order valence-electron chi connectivity index (χ1n) is 7.70. The van der Waals surface area contributed by atoms with E-state index in [4.69, 9.17) is 4.74 Å². The van der Waals surface area contributed by atoms with E-state index in [1.54, 1.807) is 5.20 Å². The number of ether oxygens (including phenoxy) is 1. The Morgan fingerprint density at radius 1 is 1.20 bits per heavy atom. The molecule has 0 saturated heterocycles. The van der Waals surface area contributed by atoms with Gasteiger partial charge in [-0.2, -0.15) is 0 Å². The molecule has 1 nitrogen and oxygen atoms in total. The number of allylic oxidation sites excluding steroid dienone is 6. The quantitative estimate of drug-likeness (QED) is 0.652. The molecule has 1 unspecified atom stereocenters. The highest BCUT2D eigenvalue weighted by Gasteiger charge is 2.51. The van der Waals surface area contributed by atoms with E-state index in [2.05, 4.69) is 71.2 Å². The Balaban J connectivity index is 2.48.